The Balaban J connectivity index is 1.51. The van der Waals surface area contributed by atoms with Crippen LogP contribution < -0.4 is 4.90 Å². The predicted octanol–water partition coefficient (Wildman–Crippen LogP) is 12.7. The van der Waals surface area contributed by atoms with E-state index in [2.05, 4.69) is 0 Å². The van der Waals surface area contributed by atoms with E-state index < -0.39 is 271 Å². The van der Waals surface area contributed by atoms with E-state index in [4.69, 9.17) is 26.0 Å². The fraction of sp³-hybridized carbons (Fsp3) is 0. The number of fused-ring (bicyclic) bond motifs is 4. The van der Waals surface area contributed by atoms with Crippen LogP contribution in [0.4, 0.5) is 17.1 Å². The Morgan fingerprint density at radius 2 is 0.938 bits per heavy atom. The van der Waals surface area contributed by atoms with E-state index in [9.17, 15) is 17.8 Å². The minimum atomic E-state index is -1.32. The Morgan fingerprint density at radius 3 is 1.77 bits per heavy atom. The molecule has 1 aromatic heterocycles. The molecule has 0 N–H and O–H groups in total. The Morgan fingerprint density at radius 1 is 0.354 bits per heavy atom. The number of hydrogen-bond donors (Lipinski definition) is 0. The fourth-order valence-electron chi connectivity index (χ4n) is 4.93. The Kier molecular flexibility index (Phi) is 2.53. The van der Waals surface area contributed by atoms with Gasteiger partial charge in [-0.3, -0.25) is 0 Å². The van der Waals surface area contributed by atoms with Gasteiger partial charge in [0.05, 0.1) is 54.9 Å². The molecule has 9 aromatic rings. The number of anilines is 3. The van der Waals surface area contributed by atoms with Gasteiger partial charge in [-0.25, -0.2) is 0 Å². The monoisotopic (exact) mass is 644 g/mol. The first-order valence-electron chi connectivity index (χ1n) is 29.8. The van der Waals surface area contributed by atoms with Crippen molar-refractivity contribution in [2.24, 2.45) is 0 Å². The van der Waals surface area contributed by atoms with Crippen molar-refractivity contribution in [1.82, 2.24) is 4.57 Å². The average molecular weight is 645 g/mol. The van der Waals surface area contributed by atoms with Gasteiger partial charge in [-0.1, -0.05) is 127 Å². The van der Waals surface area contributed by atoms with Crippen LogP contribution in [0.3, 0.4) is 0 Å². The standard InChI is InChI=1S/C46H32N2/c1-3-12-33(13-4-1)35-22-26-40(27-23-35)47(42-28-24-34-14-7-8-15-36(34)30-42)41-19-11-16-37(31-41)38-25-29-46-44(32-38)43-20-9-10-21-45(43)48(46)39-17-5-2-6-18-39/h1-32H/i1D,2D,3D,4D,5D,6D,7D,8D,9D,10D,11D,12D,13D,14D,15D,16D,17D,18D,19D,20D,21D,22D,23D,24D,25D,26D,27D,28D,29D,30D,31D,32D. The van der Waals surface area contributed by atoms with Gasteiger partial charge in [0, 0.05) is 33.5 Å². The average Bonchev–Trinajstić information content (AvgIpc) is 3.83. The summed E-state index contributed by atoms with van der Waals surface area (Å²) in [5.74, 6) is 0. The van der Waals surface area contributed by atoms with Gasteiger partial charge in [0.15, 0.2) is 0 Å². The lowest BCUT2D eigenvalue weighted by atomic mass is 10.0. The molecule has 0 saturated heterocycles. The number of nitrogens with zero attached hydrogens (tertiary/aromatic N) is 2. The fourth-order valence-corrected chi connectivity index (χ4v) is 4.93. The zero-order chi connectivity index (χ0) is 59.7. The molecule has 0 bridgehead atoms. The van der Waals surface area contributed by atoms with Crippen LogP contribution >= 0.6 is 0 Å². The molecular formula is C46H32N2. The zero-order valence-electron chi connectivity index (χ0n) is 55.9. The summed E-state index contributed by atoms with van der Waals surface area (Å²) in [5.41, 5.74) is -9.55. The van der Waals surface area contributed by atoms with E-state index in [1.807, 2.05) is 0 Å². The molecule has 2 nitrogen and oxygen atoms in total. The third-order valence-corrected chi connectivity index (χ3v) is 7.00. The Bertz CT molecular complexity index is 4310. The third kappa shape index (κ3) is 4.92. The van der Waals surface area contributed by atoms with Gasteiger partial charge < -0.3 is 9.47 Å². The molecule has 0 radical (unpaired) electrons. The van der Waals surface area contributed by atoms with Crippen LogP contribution in [0.5, 0.6) is 0 Å². The predicted molar refractivity (Wildman–Crippen MR) is 204 cm³/mol. The first-order valence-corrected chi connectivity index (χ1v) is 13.8. The molecule has 0 aliphatic rings. The lowest BCUT2D eigenvalue weighted by Gasteiger charge is -2.26. The smallest absolute Gasteiger partial charge is 0.0651 e. The molecule has 226 valence electrons. The van der Waals surface area contributed by atoms with E-state index in [1.54, 1.807) is 0 Å². The molecule has 1 heterocycles. The van der Waals surface area contributed by atoms with Gasteiger partial charge in [0.25, 0.3) is 0 Å². The summed E-state index contributed by atoms with van der Waals surface area (Å²) < 4.78 is 287. The van der Waals surface area contributed by atoms with Gasteiger partial charge in [-0.05, 0) is 99.5 Å². The number of hydrogen-bond acceptors (Lipinski definition) is 1. The van der Waals surface area contributed by atoms with Gasteiger partial charge >= 0.3 is 0 Å². The highest BCUT2D eigenvalue weighted by Crippen LogP contribution is 2.40. The first kappa shape index (κ1) is 10.3. The molecule has 2 heteroatoms. The molecule has 0 spiro atoms. The van der Waals surface area contributed by atoms with Gasteiger partial charge in [0.2, 0.25) is 0 Å². The lowest BCUT2D eigenvalue weighted by Crippen LogP contribution is -2.10. The highest BCUT2D eigenvalue weighted by Gasteiger charge is 2.16. The number of para-hydroxylation sites is 2. The van der Waals surface area contributed by atoms with Crippen molar-refractivity contribution in [2.75, 3.05) is 4.90 Å². The highest BCUT2D eigenvalue weighted by molar-refractivity contribution is 6.10. The zero-order valence-corrected chi connectivity index (χ0v) is 23.9. The topological polar surface area (TPSA) is 8.17 Å². The number of benzene rings is 8. The molecule has 8 aromatic carbocycles. The van der Waals surface area contributed by atoms with Crippen LogP contribution in [0, 0.1) is 0 Å². The SMILES string of the molecule is [2H]c1c([2H])c([2H])c(-c2c([2H])c([2H])c(N(c3c([2H])c([2H])c([2H])c(-c4c([2H])c([2H])c5c(c4[2H])c4c([2H])c([2H])c([2H])c([2H])c4n5-c4c([2H])c([2H])c([2H])c([2H])c4[2H])c3[2H])c3c([2H])c([2H])c4c([2H])c([2H])c([2H])c([2H])c4c3[2H])c([2H])c2[2H])c([2H])c1[2H]. The Labute approximate surface area is 325 Å². The minimum Gasteiger partial charge on any atom is -0.310 e. The first-order chi connectivity index (χ1) is 37.1. The van der Waals surface area contributed by atoms with Crippen molar-refractivity contribution >= 4 is 49.6 Å². The molecule has 48 heavy (non-hydrogen) atoms. The van der Waals surface area contributed by atoms with Crippen molar-refractivity contribution in [3.8, 4) is 27.9 Å². The minimum absolute atomic E-state index is 0.301. The van der Waals surface area contributed by atoms with E-state index >= 15 is 0 Å². The normalized spacial score (nSPS) is 20.7. The van der Waals surface area contributed by atoms with Crippen LogP contribution in [-0.4, -0.2) is 4.57 Å². The summed E-state index contributed by atoms with van der Waals surface area (Å²) in [4.78, 5) is 0.301. The second-order valence-electron chi connectivity index (χ2n) is 9.76. The maximum Gasteiger partial charge on any atom is 0.0651 e. The Hall–Kier alpha value is -6.38. The van der Waals surface area contributed by atoms with Crippen LogP contribution in [0.1, 0.15) is 43.9 Å². The molecule has 0 fully saturated rings. The summed E-state index contributed by atoms with van der Waals surface area (Å²) in [6, 6.07) is -33.8. The maximum atomic E-state index is 9.93. The van der Waals surface area contributed by atoms with Crippen LogP contribution in [0.15, 0.2) is 193 Å². The van der Waals surface area contributed by atoms with E-state index in [0.717, 1.165) is 0 Å². The van der Waals surface area contributed by atoms with E-state index in [0.29, 0.717) is 9.47 Å². The van der Waals surface area contributed by atoms with Crippen molar-refractivity contribution in [2.45, 2.75) is 0 Å². The van der Waals surface area contributed by atoms with Crippen LogP contribution in [0.2, 0.25) is 0 Å². The summed E-state index contributed by atoms with van der Waals surface area (Å²) in [7, 11) is 0. The van der Waals surface area contributed by atoms with E-state index in [-0.39, 0.29) is 0 Å². The van der Waals surface area contributed by atoms with E-state index in [1.165, 1.54) is 0 Å². The van der Waals surface area contributed by atoms with Gasteiger partial charge in [-0.15, -0.1) is 0 Å². The second kappa shape index (κ2) is 11.8. The van der Waals surface area contributed by atoms with Crippen molar-refractivity contribution in [3.63, 3.8) is 0 Å². The molecule has 0 amide bonds. The van der Waals surface area contributed by atoms with Crippen LogP contribution in [0.25, 0.3) is 60.5 Å². The van der Waals surface area contributed by atoms with Crippen LogP contribution in [-0.2, 0) is 0 Å². The lowest BCUT2D eigenvalue weighted by molar-refractivity contribution is 1.18. The molecule has 0 unspecified atom stereocenters. The largest absolute Gasteiger partial charge is 0.310 e. The van der Waals surface area contributed by atoms with Crippen molar-refractivity contribution in [1.29, 1.82) is 0 Å². The molecule has 0 aliphatic carbocycles. The molecule has 0 aliphatic heterocycles. The quantitative estimate of drug-likeness (QED) is 0.175. The summed E-state index contributed by atoms with van der Waals surface area (Å²) in [6.45, 7) is 0. The molecule has 0 atom stereocenters. The van der Waals surface area contributed by atoms with Crippen molar-refractivity contribution in [3.05, 3.63) is 193 Å². The summed E-state index contributed by atoms with van der Waals surface area (Å²) in [5, 5.41) is -2.89. The highest BCUT2D eigenvalue weighted by atomic mass is 15.1. The maximum absolute atomic E-state index is 9.93. The van der Waals surface area contributed by atoms with Crippen molar-refractivity contribution < 1.29 is 43.9 Å². The second-order valence-corrected chi connectivity index (χ2v) is 9.76. The van der Waals surface area contributed by atoms with Gasteiger partial charge in [-0.2, -0.15) is 0 Å². The molecule has 9 rings (SSSR count). The van der Waals surface area contributed by atoms with Gasteiger partial charge in [0.1, 0.15) is 0 Å². The summed E-state index contributed by atoms with van der Waals surface area (Å²) in [6.07, 6.45) is 0. The molecule has 0 saturated carbocycles. The number of rotatable bonds is 6. The number of aromatic nitrogens is 1. The third-order valence-electron chi connectivity index (χ3n) is 7.00. The summed E-state index contributed by atoms with van der Waals surface area (Å²) >= 11 is 0. The molecular weight excluding hydrogens is 581 g/mol.